The minimum Gasteiger partial charge on any atom is -0.399 e. The van der Waals surface area contributed by atoms with Crippen LogP contribution in [0.25, 0.3) is 0 Å². The van der Waals surface area contributed by atoms with Gasteiger partial charge in [0, 0.05) is 18.8 Å². The van der Waals surface area contributed by atoms with E-state index in [1.807, 2.05) is 30.3 Å². The maximum absolute atomic E-state index is 8.71. The van der Waals surface area contributed by atoms with Crippen molar-refractivity contribution in [2.24, 2.45) is 0 Å². The second-order valence-electron chi connectivity index (χ2n) is 4.13. The highest BCUT2D eigenvalue weighted by atomic mass is 15.2. The van der Waals surface area contributed by atoms with E-state index in [1.54, 1.807) is 6.20 Å². The normalized spacial score (nSPS) is 9.89. The number of nitrogens with two attached hydrogens (primary N) is 1. The average molecular weight is 253 g/mol. The molecule has 0 saturated heterocycles. The van der Waals surface area contributed by atoms with Crippen molar-refractivity contribution >= 4 is 11.5 Å². The van der Waals surface area contributed by atoms with Crippen molar-refractivity contribution in [3.63, 3.8) is 0 Å². The number of hydrogen-bond acceptors (Lipinski definition) is 5. The summed E-state index contributed by atoms with van der Waals surface area (Å²) in [4.78, 5) is 10.4. The Morgan fingerprint density at radius 1 is 1.21 bits per heavy atom. The second kappa shape index (κ2) is 5.83. The highest BCUT2D eigenvalue weighted by Crippen LogP contribution is 2.14. The van der Waals surface area contributed by atoms with Crippen molar-refractivity contribution in [2.45, 2.75) is 13.5 Å². The van der Waals surface area contributed by atoms with Crippen molar-refractivity contribution < 1.29 is 0 Å². The van der Waals surface area contributed by atoms with E-state index in [1.165, 1.54) is 6.20 Å². The summed E-state index contributed by atoms with van der Waals surface area (Å²) in [5.74, 6) is 0.762. The van der Waals surface area contributed by atoms with Crippen LogP contribution in [0.1, 0.15) is 18.2 Å². The number of nitrogens with zero attached hydrogens (tertiary/aromatic N) is 4. The Balaban J connectivity index is 2.15. The van der Waals surface area contributed by atoms with E-state index in [9.17, 15) is 0 Å². The molecule has 0 saturated carbocycles. The summed E-state index contributed by atoms with van der Waals surface area (Å²) in [5, 5.41) is 8.71. The number of aromatic nitrogens is 2. The summed E-state index contributed by atoms with van der Waals surface area (Å²) < 4.78 is 0. The smallest absolute Gasteiger partial charge is 0.158 e. The van der Waals surface area contributed by atoms with Crippen LogP contribution < -0.4 is 10.6 Å². The topological polar surface area (TPSA) is 78.8 Å². The molecule has 1 aromatic carbocycles. The van der Waals surface area contributed by atoms with Crippen LogP contribution in [0.3, 0.4) is 0 Å². The molecule has 5 heteroatoms. The van der Waals surface area contributed by atoms with Crippen molar-refractivity contribution in [1.29, 1.82) is 5.26 Å². The lowest BCUT2D eigenvalue weighted by Gasteiger charge is -2.21. The Morgan fingerprint density at radius 2 is 1.95 bits per heavy atom. The molecule has 0 aliphatic heterocycles. The molecular weight excluding hydrogens is 238 g/mol. The summed E-state index contributed by atoms with van der Waals surface area (Å²) in [6, 6.07) is 9.72. The van der Waals surface area contributed by atoms with E-state index in [0.717, 1.165) is 30.2 Å². The van der Waals surface area contributed by atoms with E-state index in [4.69, 9.17) is 11.0 Å². The van der Waals surface area contributed by atoms with Gasteiger partial charge in [-0.2, -0.15) is 5.26 Å². The summed E-state index contributed by atoms with van der Waals surface area (Å²) in [6.07, 6.45) is 3.11. The molecule has 96 valence electrons. The average Bonchev–Trinajstić information content (AvgIpc) is 2.47. The van der Waals surface area contributed by atoms with Crippen molar-refractivity contribution in [1.82, 2.24) is 9.97 Å². The van der Waals surface area contributed by atoms with Gasteiger partial charge in [0.1, 0.15) is 11.9 Å². The second-order valence-corrected chi connectivity index (χ2v) is 4.13. The quantitative estimate of drug-likeness (QED) is 0.842. The van der Waals surface area contributed by atoms with E-state index in [0.29, 0.717) is 5.69 Å². The third-order valence-corrected chi connectivity index (χ3v) is 2.81. The fourth-order valence-corrected chi connectivity index (χ4v) is 1.74. The van der Waals surface area contributed by atoms with Crippen LogP contribution in [0.15, 0.2) is 36.7 Å². The van der Waals surface area contributed by atoms with Crippen LogP contribution in [0.4, 0.5) is 11.5 Å². The molecule has 1 heterocycles. The largest absolute Gasteiger partial charge is 0.399 e. The van der Waals surface area contributed by atoms with Crippen molar-refractivity contribution in [3.8, 4) is 6.07 Å². The zero-order valence-electron chi connectivity index (χ0n) is 10.7. The van der Waals surface area contributed by atoms with E-state index >= 15 is 0 Å². The molecule has 2 N–H and O–H groups in total. The van der Waals surface area contributed by atoms with Crippen LogP contribution in [0, 0.1) is 11.3 Å². The van der Waals surface area contributed by atoms with Crippen molar-refractivity contribution in [2.75, 3.05) is 17.2 Å². The molecule has 2 rings (SSSR count). The Labute approximate surface area is 112 Å². The van der Waals surface area contributed by atoms with Crippen LogP contribution in [-0.4, -0.2) is 16.5 Å². The van der Waals surface area contributed by atoms with E-state index < -0.39 is 0 Å². The predicted molar refractivity (Wildman–Crippen MR) is 74.3 cm³/mol. The number of rotatable bonds is 4. The van der Waals surface area contributed by atoms with Crippen LogP contribution >= 0.6 is 0 Å². The summed E-state index contributed by atoms with van der Waals surface area (Å²) in [6.45, 7) is 3.60. The molecule has 0 spiro atoms. The monoisotopic (exact) mass is 253 g/mol. The Morgan fingerprint density at radius 3 is 2.47 bits per heavy atom. The molecule has 0 aliphatic rings. The number of benzene rings is 1. The van der Waals surface area contributed by atoms with Gasteiger partial charge in [-0.05, 0) is 24.6 Å². The third kappa shape index (κ3) is 3.19. The van der Waals surface area contributed by atoms with Gasteiger partial charge in [-0.1, -0.05) is 12.1 Å². The molecule has 0 unspecified atom stereocenters. The number of nitriles is 1. The molecule has 0 amide bonds. The number of hydrogen-bond donors (Lipinski definition) is 1. The number of nitrogen functional groups attached to an aromatic ring is 1. The first-order valence-electron chi connectivity index (χ1n) is 6.04. The molecule has 2 aromatic rings. The predicted octanol–water partition coefficient (Wildman–Crippen LogP) is 1.96. The lowest BCUT2D eigenvalue weighted by Crippen LogP contribution is -2.23. The summed E-state index contributed by atoms with van der Waals surface area (Å²) in [7, 11) is 0. The SMILES string of the molecule is CCN(Cc1ccc(N)cc1)c1cnc(C#N)cn1. The standard InChI is InChI=1S/C14H15N5/c1-2-19(10-11-3-5-12(16)6-4-11)14-9-17-13(7-15)8-18-14/h3-6,8-9H,2,10,16H2,1H3. The maximum atomic E-state index is 8.71. The first-order chi connectivity index (χ1) is 9.22. The van der Waals surface area contributed by atoms with Gasteiger partial charge in [0.2, 0.25) is 0 Å². The maximum Gasteiger partial charge on any atom is 0.158 e. The van der Waals surface area contributed by atoms with E-state index in [2.05, 4.69) is 21.8 Å². The molecule has 0 atom stereocenters. The first-order valence-corrected chi connectivity index (χ1v) is 6.04. The van der Waals surface area contributed by atoms with Gasteiger partial charge in [-0.3, -0.25) is 0 Å². The third-order valence-electron chi connectivity index (χ3n) is 2.81. The summed E-state index contributed by atoms with van der Waals surface area (Å²) in [5.41, 5.74) is 7.90. The molecule has 0 bridgehead atoms. The highest BCUT2D eigenvalue weighted by Gasteiger charge is 2.07. The fourth-order valence-electron chi connectivity index (χ4n) is 1.74. The van der Waals surface area contributed by atoms with Crippen LogP contribution in [-0.2, 0) is 6.54 Å². The van der Waals surface area contributed by atoms with Gasteiger partial charge in [0.15, 0.2) is 5.69 Å². The fraction of sp³-hybridized carbons (Fsp3) is 0.214. The minimum atomic E-state index is 0.326. The Kier molecular flexibility index (Phi) is 3.94. The molecule has 0 fully saturated rings. The van der Waals surface area contributed by atoms with Gasteiger partial charge in [-0.25, -0.2) is 9.97 Å². The van der Waals surface area contributed by atoms with E-state index in [-0.39, 0.29) is 0 Å². The molecule has 1 aromatic heterocycles. The molecule has 0 radical (unpaired) electrons. The van der Waals surface area contributed by atoms with Crippen LogP contribution in [0.2, 0.25) is 0 Å². The van der Waals surface area contributed by atoms with Gasteiger partial charge in [0.25, 0.3) is 0 Å². The Bertz CT molecular complexity index is 568. The number of anilines is 2. The highest BCUT2D eigenvalue weighted by molar-refractivity contribution is 5.42. The first kappa shape index (κ1) is 12.8. The zero-order valence-corrected chi connectivity index (χ0v) is 10.7. The lowest BCUT2D eigenvalue weighted by atomic mass is 10.2. The van der Waals surface area contributed by atoms with Gasteiger partial charge in [-0.15, -0.1) is 0 Å². The molecule has 19 heavy (non-hydrogen) atoms. The molecule has 5 nitrogen and oxygen atoms in total. The zero-order chi connectivity index (χ0) is 13.7. The van der Waals surface area contributed by atoms with Gasteiger partial charge in [0.05, 0.1) is 12.4 Å². The molecule has 0 aliphatic carbocycles. The molecular formula is C14H15N5. The van der Waals surface area contributed by atoms with Gasteiger partial charge >= 0.3 is 0 Å². The minimum absolute atomic E-state index is 0.326. The van der Waals surface area contributed by atoms with Crippen LogP contribution in [0.5, 0.6) is 0 Å². The lowest BCUT2D eigenvalue weighted by molar-refractivity contribution is 0.808. The Hall–Kier alpha value is -2.61. The van der Waals surface area contributed by atoms with Gasteiger partial charge < -0.3 is 10.6 Å². The van der Waals surface area contributed by atoms with Crippen molar-refractivity contribution in [3.05, 3.63) is 47.9 Å². The summed E-state index contributed by atoms with van der Waals surface area (Å²) >= 11 is 0.